The predicted octanol–water partition coefficient (Wildman–Crippen LogP) is 1.81. The van der Waals surface area contributed by atoms with Gasteiger partial charge in [0, 0.05) is 23.3 Å². The van der Waals surface area contributed by atoms with Crippen LogP contribution < -0.4 is 10.6 Å². The molecular formula is C16H24N2. The fraction of sp³-hybridized carbons (Fsp3) is 0.500. The number of hydrogen-bond acceptors (Lipinski definition) is 1. The van der Waals surface area contributed by atoms with E-state index >= 15 is 0 Å². The number of hydrogen-bond donors (Lipinski definition) is 1. The minimum atomic E-state index is 1.06. The molecule has 0 spiro atoms. The summed E-state index contributed by atoms with van der Waals surface area (Å²) in [5, 5.41) is 2.82. The van der Waals surface area contributed by atoms with Crippen molar-refractivity contribution in [2.75, 3.05) is 20.6 Å². The molecule has 0 saturated heterocycles. The molecule has 1 aliphatic rings. The lowest BCUT2D eigenvalue weighted by Crippen LogP contribution is -2.30. The Hall–Kier alpha value is -1.28. The predicted molar refractivity (Wildman–Crippen MR) is 78.8 cm³/mol. The van der Waals surface area contributed by atoms with Gasteiger partial charge in [-0.1, -0.05) is 19.1 Å². The fourth-order valence-electron chi connectivity index (χ4n) is 2.57. The first-order valence-corrected chi connectivity index (χ1v) is 6.84. The lowest BCUT2D eigenvalue weighted by atomic mass is 10.1. The molecule has 1 aliphatic carbocycles. The van der Waals surface area contributed by atoms with Crippen LogP contribution >= 0.6 is 0 Å². The first-order chi connectivity index (χ1) is 8.63. The molecule has 2 rings (SSSR count). The Balaban J connectivity index is 2.56. The van der Waals surface area contributed by atoms with Crippen LogP contribution in [0, 0.1) is 0 Å². The Morgan fingerprint density at radius 2 is 2.11 bits per heavy atom. The van der Waals surface area contributed by atoms with Crippen molar-refractivity contribution < 1.29 is 0 Å². The van der Waals surface area contributed by atoms with Gasteiger partial charge in [-0.2, -0.15) is 0 Å². The zero-order chi connectivity index (χ0) is 13.1. The number of H-pyrrole nitrogens is 1. The quantitative estimate of drug-likeness (QED) is 0.856. The van der Waals surface area contributed by atoms with Crippen molar-refractivity contribution in [2.24, 2.45) is 0 Å². The number of allylic oxidation sites excluding steroid dienone is 2. The van der Waals surface area contributed by atoms with Crippen LogP contribution in [-0.4, -0.2) is 30.5 Å². The van der Waals surface area contributed by atoms with Gasteiger partial charge in [0.05, 0.1) is 0 Å². The van der Waals surface area contributed by atoms with E-state index in [0.717, 1.165) is 25.8 Å². The lowest BCUT2D eigenvalue weighted by Gasteiger charge is -2.08. The van der Waals surface area contributed by atoms with Crippen molar-refractivity contribution in [3.63, 3.8) is 0 Å². The van der Waals surface area contributed by atoms with E-state index in [1.807, 2.05) is 0 Å². The molecule has 0 amide bonds. The maximum Gasteiger partial charge on any atom is 0.0451 e. The third-order valence-electron chi connectivity index (χ3n) is 3.66. The molecule has 0 aliphatic heterocycles. The summed E-state index contributed by atoms with van der Waals surface area (Å²) in [4.78, 5) is 5.73. The summed E-state index contributed by atoms with van der Waals surface area (Å²) >= 11 is 0. The molecule has 0 radical (unpaired) electrons. The van der Waals surface area contributed by atoms with E-state index < -0.39 is 0 Å². The molecule has 0 atom stereocenters. The molecule has 1 heterocycles. The summed E-state index contributed by atoms with van der Waals surface area (Å²) in [7, 11) is 4.26. The van der Waals surface area contributed by atoms with Gasteiger partial charge in [0.1, 0.15) is 0 Å². The van der Waals surface area contributed by atoms with E-state index in [9.17, 15) is 0 Å². The van der Waals surface area contributed by atoms with Gasteiger partial charge in [-0.3, -0.25) is 0 Å². The van der Waals surface area contributed by atoms with Crippen molar-refractivity contribution in [3.8, 4) is 0 Å². The molecule has 2 heteroatoms. The van der Waals surface area contributed by atoms with Crippen LogP contribution in [0.5, 0.6) is 0 Å². The van der Waals surface area contributed by atoms with Crippen LogP contribution in [0.3, 0.4) is 0 Å². The van der Waals surface area contributed by atoms with Gasteiger partial charge in [0.15, 0.2) is 0 Å². The van der Waals surface area contributed by atoms with Crippen LogP contribution in [0.2, 0.25) is 0 Å². The van der Waals surface area contributed by atoms with Crippen molar-refractivity contribution in [3.05, 3.63) is 34.5 Å². The first-order valence-electron chi connectivity index (χ1n) is 6.84. The largest absolute Gasteiger partial charge is 0.361 e. The Labute approximate surface area is 110 Å². The second-order valence-corrected chi connectivity index (χ2v) is 5.38. The van der Waals surface area contributed by atoms with Gasteiger partial charge >= 0.3 is 0 Å². The number of rotatable bonds is 4. The molecule has 1 aromatic rings. The van der Waals surface area contributed by atoms with Gasteiger partial charge in [0.2, 0.25) is 0 Å². The summed E-state index contributed by atoms with van der Waals surface area (Å²) in [5.41, 5.74) is 4.37. The molecule has 0 fully saturated rings. The molecular weight excluding hydrogens is 220 g/mol. The second kappa shape index (κ2) is 5.57. The zero-order valence-corrected chi connectivity index (χ0v) is 12.0. The van der Waals surface area contributed by atoms with Crippen molar-refractivity contribution in [1.82, 2.24) is 9.88 Å². The van der Waals surface area contributed by atoms with E-state index in [-0.39, 0.29) is 0 Å². The van der Waals surface area contributed by atoms with E-state index in [1.54, 1.807) is 0 Å². The molecule has 2 nitrogen and oxygen atoms in total. The fourth-order valence-corrected chi connectivity index (χ4v) is 2.57. The number of nitrogens with one attached hydrogen (secondary N) is 1. The number of likely N-dealkylation sites (N-methyl/N-ethyl adjacent to an activating group) is 1. The van der Waals surface area contributed by atoms with Crippen LogP contribution in [0.1, 0.15) is 32.3 Å². The normalized spacial score (nSPS) is 15.2. The van der Waals surface area contributed by atoms with Crippen molar-refractivity contribution >= 4 is 11.1 Å². The van der Waals surface area contributed by atoms with Gasteiger partial charge in [-0.15, -0.1) is 0 Å². The number of aromatic amines is 1. The van der Waals surface area contributed by atoms with Crippen LogP contribution in [0.15, 0.2) is 18.3 Å². The van der Waals surface area contributed by atoms with E-state index in [0.29, 0.717) is 0 Å². The monoisotopic (exact) mass is 244 g/mol. The summed E-state index contributed by atoms with van der Waals surface area (Å²) < 4.78 is 0. The Morgan fingerprint density at radius 1 is 1.33 bits per heavy atom. The Bertz CT molecular complexity index is 558. The van der Waals surface area contributed by atoms with Crippen LogP contribution in [0.25, 0.3) is 11.1 Å². The second-order valence-electron chi connectivity index (χ2n) is 5.38. The Kier molecular flexibility index (Phi) is 4.07. The maximum absolute atomic E-state index is 3.49. The molecule has 0 bridgehead atoms. The highest BCUT2D eigenvalue weighted by molar-refractivity contribution is 5.62. The summed E-state index contributed by atoms with van der Waals surface area (Å²) in [6, 6.07) is 0. The molecule has 0 saturated carbocycles. The van der Waals surface area contributed by atoms with E-state index in [1.165, 1.54) is 27.3 Å². The minimum Gasteiger partial charge on any atom is -0.361 e. The van der Waals surface area contributed by atoms with Gasteiger partial charge < -0.3 is 9.88 Å². The van der Waals surface area contributed by atoms with Gasteiger partial charge in [0.25, 0.3) is 0 Å². The smallest absolute Gasteiger partial charge is 0.0451 e. The molecule has 1 N–H and O–H groups in total. The molecule has 1 aromatic heterocycles. The Morgan fingerprint density at radius 3 is 2.78 bits per heavy atom. The van der Waals surface area contributed by atoms with E-state index in [2.05, 4.69) is 56.2 Å². The standard InChI is InChI=1S/C16H24N2/c1-5-13-8-6-7-12(2)16-15(13)14(11-17-16)9-10-18(3)4/h6,8,11,17H,5,7,9-10H2,1-4H3. The third kappa shape index (κ3) is 2.59. The minimum absolute atomic E-state index is 1.06. The molecule has 98 valence electrons. The zero-order valence-electron chi connectivity index (χ0n) is 12.0. The average Bonchev–Trinajstić information content (AvgIpc) is 2.68. The first kappa shape index (κ1) is 13.2. The SMILES string of the molecule is CCC1=c2c(CCN(C)C)c[nH]c2=C(C)CC=C1. The van der Waals surface area contributed by atoms with Crippen molar-refractivity contribution in [2.45, 2.75) is 33.1 Å². The lowest BCUT2D eigenvalue weighted by molar-refractivity contribution is 0.413. The molecule has 0 unspecified atom stereocenters. The maximum atomic E-state index is 3.49. The molecule has 18 heavy (non-hydrogen) atoms. The number of fused-ring (bicyclic) bond motifs is 1. The summed E-state index contributed by atoms with van der Waals surface area (Å²) in [6.07, 6.45) is 10.1. The highest BCUT2D eigenvalue weighted by Gasteiger charge is 2.08. The topological polar surface area (TPSA) is 19.0 Å². The number of aromatic nitrogens is 1. The highest BCUT2D eigenvalue weighted by atomic mass is 15.0. The average molecular weight is 244 g/mol. The summed E-state index contributed by atoms with van der Waals surface area (Å²) in [6.45, 7) is 5.57. The highest BCUT2D eigenvalue weighted by Crippen LogP contribution is 2.10. The van der Waals surface area contributed by atoms with E-state index in [4.69, 9.17) is 0 Å². The van der Waals surface area contributed by atoms with Crippen LogP contribution in [0.4, 0.5) is 0 Å². The van der Waals surface area contributed by atoms with Gasteiger partial charge in [-0.05, 0) is 57.0 Å². The number of nitrogens with zero attached hydrogens (tertiary/aromatic N) is 1. The van der Waals surface area contributed by atoms with Gasteiger partial charge in [-0.25, -0.2) is 0 Å². The van der Waals surface area contributed by atoms with Crippen molar-refractivity contribution in [1.29, 1.82) is 0 Å². The summed E-state index contributed by atoms with van der Waals surface area (Å²) in [5.74, 6) is 0. The third-order valence-corrected chi connectivity index (χ3v) is 3.66. The van der Waals surface area contributed by atoms with Crippen LogP contribution in [-0.2, 0) is 6.42 Å². The molecule has 0 aromatic carbocycles.